The van der Waals surface area contributed by atoms with Crippen molar-refractivity contribution in [2.75, 3.05) is 6.61 Å². The maximum Gasteiger partial charge on any atom is 0.221 e. The number of thiocarbonyl (C=S) groups is 1. The van der Waals surface area contributed by atoms with Gasteiger partial charge in [0.15, 0.2) is 11.4 Å². The van der Waals surface area contributed by atoms with Crippen LogP contribution in [0.4, 0.5) is 0 Å². The summed E-state index contributed by atoms with van der Waals surface area (Å²) in [4.78, 5) is 0. The molecule has 9 nitrogen and oxygen atoms in total. The fraction of sp³-hybridized carbons (Fsp3) is 0.357. The molecule has 1 aromatic heterocycles. The largest absolute Gasteiger partial charge is 0.375 e. The van der Waals surface area contributed by atoms with Crippen LogP contribution in [-0.4, -0.2) is 49.6 Å². The number of fused-ring (bicyclic) bond motifs is 2. The molecule has 136 valence electrons. The summed E-state index contributed by atoms with van der Waals surface area (Å²) >= 11 is 16.3. The number of hydrogen-bond donors (Lipinski definition) is 2. The SMILES string of the molecule is NC(=S)N/N=C1/CC(n2nnn(-c3ccc(Cl)cc3)c2=S)C2COC1O2. The van der Waals surface area contributed by atoms with Crippen molar-refractivity contribution in [2.45, 2.75) is 24.9 Å². The molecule has 0 saturated carbocycles. The predicted octanol–water partition coefficient (Wildman–Crippen LogP) is 1.33. The molecule has 2 bridgehead atoms. The lowest BCUT2D eigenvalue weighted by Crippen LogP contribution is -2.39. The number of tetrazole rings is 1. The van der Waals surface area contributed by atoms with Crippen molar-refractivity contribution >= 4 is 46.9 Å². The van der Waals surface area contributed by atoms with Crippen molar-refractivity contribution in [1.29, 1.82) is 0 Å². The van der Waals surface area contributed by atoms with Crippen LogP contribution in [0.1, 0.15) is 12.5 Å². The zero-order valence-corrected chi connectivity index (χ0v) is 15.7. The van der Waals surface area contributed by atoms with Crippen molar-refractivity contribution in [1.82, 2.24) is 25.2 Å². The second-order valence-corrected chi connectivity index (χ2v) is 7.03. The van der Waals surface area contributed by atoms with Gasteiger partial charge in [0.25, 0.3) is 0 Å². The van der Waals surface area contributed by atoms with Gasteiger partial charge in [0, 0.05) is 11.4 Å². The first-order chi connectivity index (χ1) is 12.5. The van der Waals surface area contributed by atoms with Crippen LogP contribution in [0.15, 0.2) is 29.4 Å². The molecule has 2 aliphatic heterocycles. The monoisotopic (exact) mass is 411 g/mol. The van der Waals surface area contributed by atoms with Crippen molar-refractivity contribution in [3.8, 4) is 5.69 Å². The molecular formula is C14H14ClN7O2S2. The normalized spacial score (nSPS) is 26.2. The molecule has 0 spiro atoms. The minimum atomic E-state index is -0.515. The first-order valence-corrected chi connectivity index (χ1v) is 8.92. The van der Waals surface area contributed by atoms with E-state index >= 15 is 0 Å². The van der Waals surface area contributed by atoms with Gasteiger partial charge < -0.3 is 15.2 Å². The van der Waals surface area contributed by atoms with Gasteiger partial charge >= 0.3 is 0 Å². The summed E-state index contributed by atoms with van der Waals surface area (Å²) in [6.45, 7) is 0.414. The van der Waals surface area contributed by atoms with E-state index in [1.807, 2.05) is 12.1 Å². The van der Waals surface area contributed by atoms with E-state index in [0.29, 0.717) is 28.5 Å². The molecule has 2 aromatic rings. The van der Waals surface area contributed by atoms with E-state index < -0.39 is 6.29 Å². The molecule has 0 radical (unpaired) electrons. The maximum atomic E-state index is 5.93. The van der Waals surface area contributed by atoms with Crippen LogP contribution in [0.2, 0.25) is 5.02 Å². The van der Waals surface area contributed by atoms with Gasteiger partial charge in [-0.25, -0.2) is 4.68 Å². The Morgan fingerprint density at radius 1 is 1.35 bits per heavy atom. The minimum Gasteiger partial charge on any atom is -0.375 e. The Kier molecular flexibility index (Phi) is 4.71. The van der Waals surface area contributed by atoms with Crippen LogP contribution in [0.5, 0.6) is 0 Å². The Hall–Kier alpha value is -1.92. The van der Waals surface area contributed by atoms with Gasteiger partial charge in [-0.2, -0.15) is 9.78 Å². The topological polar surface area (TPSA) is 105 Å². The summed E-state index contributed by atoms with van der Waals surface area (Å²) in [5.41, 5.74) is 9.41. The molecule has 0 amide bonds. The zero-order chi connectivity index (χ0) is 18.3. The van der Waals surface area contributed by atoms with Crippen LogP contribution in [-0.2, 0) is 9.47 Å². The third-order valence-corrected chi connectivity index (χ3v) is 4.83. The summed E-state index contributed by atoms with van der Waals surface area (Å²) in [5.74, 6) is 0. The first-order valence-electron chi connectivity index (χ1n) is 7.72. The molecule has 4 rings (SSSR count). The molecule has 3 N–H and O–H groups in total. The van der Waals surface area contributed by atoms with Crippen LogP contribution >= 0.6 is 36.0 Å². The highest BCUT2D eigenvalue weighted by atomic mass is 35.5. The summed E-state index contributed by atoms with van der Waals surface area (Å²) in [5, 5.41) is 13.3. The average molecular weight is 412 g/mol. The fourth-order valence-electron chi connectivity index (χ4n) is 2.92. The Labute approximate surface area is 163 Å². The summed E-state index contributed by atoms with van der Waals surface area (Å²) in [6.07, 6.45) is -0.178. The molecule has 0 aliphatic carbocycles. The van der Waals surface area contributed by atoms with Crippen LogP contribution in [0, 0.1) is 4.77 Å². The molecule has 3 unspecified atom stereocenters. The van der Waals surface area contributed by atoms with E-state index in [-0.39, 0.29) is 17.3 Å². The second-order valence-electron chi connectivity index (χ2n) is 5.78. The number of nitrogens with two attached hydrogens (primary N) is 1. The second kappa shape index (κ2) is 7.00. The van der Waals surface area contributed by atoms with Crippen LogP contribution in [0.3, 0.4) is 0 Å². The Bertz CT molecular complexity index is 926. The number of ether oxygens (including phenoxy) is 2. The standard InChI is InChI=1S/C14H14ClN7O2S2/c15-7-1-3-8(4-2-7)21-14(26)22(20-19-21)10-5-9(17-18-13(16)25)12-23-6-11(10)24-12/h1-4,10-12H,5-6H2,(H3,16,18,25)/b17-9-. The third-order valence-electron chi connectivity index (χ3n) is 4.13. The number of aromatic nitrogens is 4. The van der Waals surface area contributed by atoms with E-state index in [1.165, 1.54) is 0 Å². The lowest BCUT2D eigenvalue weighted by molar-refractivity contribution is -0.0324. The van der Waals surface area contributed by atoms with Crippen molar-refractivity contribution in [2.24, 2.45) is 10.8 Å². The van der Waals surface area contributed by atoms with Gasteiger partial charge in [0.2, 0.25) is 4.77 Å². The van der Waals surface area contributed by atoms with Crippen LogP contribution < -0.4 is 11.2 Å². The Morgan fingerprint density at radius 2 is 2.12 bits per heavy atom. The van der Waals surface area contributed by atoms with Crippen molar-refractivity contribution in [3.63, 3.8) is 0 Å². The third kappa shape index (κ3) is 3.23. The fourth-order valence-corrected chi connectivity index (χ4v) is 3.40. The van der Waals surface area contributed by atoms with Crippen molar-refractivity contribution in [3.05, 3.63) is 34.1 Å². The number of rotatable bonds is 3. The number of nitrogens with one attached hydrogen (secondary N) is 1. The van der Waals surface area contributed by atoms with Gasteiger partial charge in [-0.15, -0.1) is 0 Å². The molecule has 12 heteroatoms. The highest BCUT2D eigenvalue weighted by Gasteiger charge is 2.44. The number of halogens is 1. The van der Waals surface area contributed by atoms with Gasteiger partial charge in [0.1, 0.15) is 6.10 Å². The quantitative estimate of drug-likeness (QED) is 0.575. The molecular weight excluding hydrogens is 398 g/mol. The van der Waals surface area contributed by atoms with Gasteiger partial charge in [-0.3, -0.25) is 5.43 Å². The van der Waals surface area contributed by atoms with E-state index in [0.717, 1.165) is 5.69 Å². The lowest BCUT2D eigenvalue weighted by atomic mass is 10.0. The lowest BCUT2D eigenvalue weighted by Gasteiger charge is -2.27. The molecule has 2 saturated heterocycles. The highest BCUT2D eigenvalue weighted by molar-refractivity contribution is 7.80. The van der Waals surface area contributed by atoms with E-state index in [1.54, 1.807) is 21.5 Å². The number of nitrogens with zero attached hydrogens (tertiary/aromatic N) is 5. The van der Waals surface area contributed by atoms with E-state index in [4.69, 9.17) is 51.2 Å². The summed E-state index contributed by atoms with van der Waals surface area (Å²) < 4.78 is 15.1. The first kappa shape index (κ1) is 17.5. The van der Waals surface area contributed by atoms with Gasteiger partial charge in [-0.05, 0) is 59.1 Å². The van der Waals surface area contributed by atoms with Crippen molar-refractivity contribution < 1.29 is 9.47 Å². The number of hydrazone groups is 1. The van der Waals surface area contributed by atoms with E-state index in [2.05, 4.69) is 21.0 Å². The van der Waals surface area contributed by atoms with Crippen LogP contribution in [0.25, 0.3) is 5.69 Å². The average Bonchev–Trinajstić information content (AvgIpc) is 3.20. The highest BCUT2D eigenvalue weighted by Crippen LogP contribution is 2.33. The summed E-state index contributed by atoms with van der Waals surface area (Å²) in [6, 6.07) is 6.98. The molecule has 2 aliphatic rings. The maximum absolute atomic E-state index is 5.93. The molecule has 1 aromatic carbocycles. The number of hydrogen-bond acceptors (Lipinski definition) is 7. The molecule has 3 heterocycles. The van der Waals surface area contributed by atoms with Gasteiger partial charge in [0.05, 0.1) is 24.0 Å². The van der Waals surface area contributed by atoms with E-state index in [9.17, 15) is 0 Å². The Balaban J connectivity index is 1.65. The molecule has 3 atom stereocenters. The van der Waals surface area contributed by atoms with Gasteiger partial charge in [-0.1, -0.05) is 11.6 Å². The summed E-state index contributed by atoms with van der Waals surface area (Å²) in [7, 11) is 0. The molecule has 2 fully saturated rings. The molecule has 26 heavy (non-hydrogen) atoms. The minimum absolute atomic E-state index is 0.0689. The number of benzene rings is 1. The smallest absolute Gasteiger partial charge is 0.221 e. The predicted molar refractivity (Wildman–Crippen MR) is 101 cm³/mol. The Morgan fingerprint density at radius 3 is 2.85 bits per heavy atom. The zero-order valence-electron chi connectivity index (χ0n) is 13.3.